The lowest BCUT2D eigenvalue weighted by molar-refractivity contribution is 1.17. The molecule has 11 aromatic carbocycles. The fraction of sp³-hybridized carbons (Fsp3) is 0. The molecule has 1 aliphatic heterocycles. The molecule has 4 heterocycles. The van der Waals surface area contributed by atoms with E-state index in [0.717, 1.165) is 22.7 Å². The van der Waals surface area contributed by atoms with E-state index in [2.05, 4.69) is 279 Å². The van der Waals surface area contributed by atoms with Crippen LogP contribution in [0.5, 0.6) is 0 Å². The maximum absolute atomic E-state index is 2.53. The van der Waals surface area contributed by atoms with Crippen molar-refractivity contribution >= 4 is 106 Å². The van der Waals surface area contributed by atoms with E-state index in [0.29, 0.717) is 0 Å². The van der Waals surface area contributed by atoms with Gasteiger partial charge in [-0.3, -0.25) is 0 Å². The molecule has 0 N–H and O–H groups in total. The first-order valence-corrected chi connectivity index (χ1v) is 24.6. The number of benzene rings is 11. The van der Waals surface area contributed by atoms with Crippen molar-refractivity contribution in [3.8, 4) is 28.2 Å². The molecular formula is C66H43BN4. The van der Waals surface area contributed by atoms with Crippen LogP contribution in [0.2, 0.25) is 0 Å². The molecule has 15 rings (SSSR count). The molecule has 0 unspecified atom stereocenters. The molecule has 4 nitrogen and oxygen atoms in total. The minimum Gasteiger partial charge on any atom is -0.312 e. The number of rotatable bonds is 6. The highest BCUT2D eigenvalue weighted by Crippen LogP contribution is 2.50. The van der Waals surface area contributed by atoms with Gasteiger partial charge < -0.3 is 18.6 Å². The van der Waals surface area contributed by atoms with E-state index in [1.54, 1.807) is 0 Å². The van der Waals surface area contributed by atoms with Crippen LogP contribution in [0, 0.1) is 0 Å². The molecule has 3 aromatic heterocycles. The number of fused-ring (bicyclic) bond motifs is 14. The minimum absolute atomic E-state index is 0.0800. The van der Waals surface area contributed by atoms with Gasteiger partial charge in [-0.15, -0.1) is 0 Å². The second kappa shape index (κ2) is 15.6. The topological polar surface area (TPSA) is 18.0 Å². The molecule has 0 atom stereocenters. The van der Waals surface area contributed by atoms with E-state index in [9.17, 15) is 0 Å². The van der Waals surface area contributed by atoms with Gasteiger partial charge in [0.25, 0.3) is 0 Å². The summed E-state index contributed by atoms with van der Waals surface area (Å²) in [5.74, 6) is 0. The van der Waals surface area contributed by atoms with Crippen LogP contribution in [0.15, 0.2) is 261 Å². The van der Waals surface area contributed by atoms with E-state index in [1.165, 1.54) is 104 Å². The first-order valence-electron chi connectivity index (χ1n) is 24.6. The van der Waals surface area contributed by atoms with Crippen molar-refractivity contribution in [3.05, 3.63) is 261 Å². The number of hydrogen-bond donors (Lipinski definition) is 0. The monoisotopic (exact) mass is 902 g/mol. The minimum atomic E-state index is 0.0800. The third-order valence-corrected chi connectivity index (χ3v) is 15.0. The molecule has 0 amide bonds. The van der Waals surface area contributed by atoms with Crippen LogP contribution in [0.1, 0.15) is 0 Å². The Morgan fingerprint density at radius 2 is 0.634 bits per heavy atom. The third kappa shape index (κ3) is 5.81. The van der Waals surface area contributed by atoms with Gasteiger partial charge in [-0.1, -0.05) is 181 Å². The Labute approximate surface area is 411 Å². The molecule has 0 aliphatic carbocycles. The zero-order valence-electron chi connectivity index (χ0n) is 38.7. The van der Waals surface area contributed by atoms with Gasteiger partial charge in [0, 0.05) is 66.4 Å². The van der Waals surface area contributed by atoms with Gasteiger partial charge >= 0.3 is 0 Å². The van der Waals surface area contributed by atoms with Crippen molar-refractivity contribution in [2.75, 3.05) is 4.90 Å². The summed E-state index contributed by atoms with van der Waals surface area (Å²) in [5, 5.41) is 7.39. The predicted molar refractivity (Wildman–Crippen MR) is 301 cm³/mol. The van der Waals surface area contributed by atoms with Crippen molar-refractivity contribution in [1.82, 2.24) is 13.7 Å². The van der Waals surface area contributed by atoms with E-state index in [-0.39, 0.29) is 6.71 Å². The van der Waals surface area contributed by atoms with Crippen LogP contribution in [-0.2, 0) is 0 Å². The maximum atomic E-state index is 2.53. The van der Waals surface area contributed by atoms with Gasteiger partial charge in [-0.05, 0) is 107 Å². The molecule has 1 aliphatic rings. The number of hydrogen-bond acceptors (Lipinski definition) is 1. The number of anilines is 3. The SMILES string of the molecule is c1ccc(N2c3ccccc3B(c3ccc(-c4ccc5c(c4)c4c6c(c7ccccc7n6-c6ccccc6)c6c(c7ccccc7n6-c6ccccc6)c4n5-c4ccccc4)cc3)c3ccccc32)cc1. The molecule has 330 valence electrons. The summed E-state index contributed by atoms with van der Waals surface area (Å²) in [7, 11) is 0. The lowest BCUT2D eigenvalue weighted by Gasteiger charge is -2.37. The van der Waals surface area contributed by atoms with E-state index in [1.807, 2.05) is 0 Å². The molecule has 0 radical (unpaired) electrons. The van der Waals surface area contributed by atoms with Crippen molar-refractivity contribution < 1.29 is 0 Å². The Hall–Kier alpha value is -9.32. The fourth-order valence-corrected chi connectivity index (χ4v) is 12.2. The summed E-state index contributed by atoms with van der Waals surface area (Å²) < 4.78 is 7.57. The first-order chi connectivity index (χ1) is 35.3. The van der Waals surface area contributed by atoms with Gasteiger partial charge in [0.2, 0.25) is 6.71 Å². The molecule has 71 heavy (non-hydrogen) atoms. The summed E-state index contributed by atoms with van der Waals surface area (Å²) in [6.45, 7) is 0.0800. The summed E-state index contributed by atoms with van der Waals surface area (Å²) in [6.07, 6.45) is 0. The van der Waals surface area contributed by atoms with Crippen LogP contribution in [0.25, 0.3) is 93.6 Å². The summed E-state index contributed by atoms with van der Waals surface area (Å²) >= 11 is 0. The van der Waals surface area contributed by atoms with Gasteiger partial charge in [0.05, 0.1) is 33.1 Å². The zero-order valence-corrected chi connectivity index (χ0v) is 38.7. The molecular weight excluding hydrogens is 860 g/mol. The van der Waals surface area contributed by atoms with Crippen LogP contribution >= 0.6 is 0 Å². The van der Waals surface area contributed by atoms with E-state index >= 15 is 0 Å². The Morgan fingerprint density at radius 3 is 1.11 bits per heavy atom. The molecule has 14 aromatic rings. The molecule has 5 heteroatoms. The quantitative estimate of drug-likeness (QED) is 0.152. The van der Waals surface area contributed by atoms with Crippen LogP contribution in [0.4, 0.5) is 17.1 Å². The smallest absolute Gasteiger partial charge is 0.246 e. The van der Waals surface area contributed by atoms with Crippen LogP contribution in [-0.4, -0.2) is 20.4 Å². The van der Waals surface area contributed by atoms with Crippen molar-refractivity contribution in [2.24, 2.45) is 0 Å². The molecule has 0 bridgehead atoms. The highest BCUT2D eigenvalue weighted by molar-refractivity contribution is 6.98. The molecule has 0 saturated heterocycles. The molecule has 0 fully saturated rings. The Morgan fingerprint density at radius 1 is 0.268 bits per heavy atom. The van der Waals surface area contributed by atoms with E-state index < -0.39 is 0 Å². The lowest BCUT2D eigenvalue weighted by Crippen LogP contribution is -2.57. The largest absolute Gasteiger partial charge is 0.312 e. The van der Waals surface area contributed by atoms with Crippen molar-refractivity contribution in [1.29, 1.82) is 0 Å². The van der Waals surface area contributed by atoms with Gasteiger partial charge in [-0.2, -0.15) is 0 Å². The van der Waals surface area contributed by atoms with E-state index in [4.69, 9.17) is 0 Å². The third-order valence-electron chi connectivity index (χ3n) is 15.0. The normalized spacial score (nSPS) is 12.5. The lowest BCUT2D eigenvalue weighted by atomic mass is 9.35. The highest BCUT2D eigenvalue weighted by Gasteiger charge is 2.35. The number of aromatic nitrogens is 3. The average molecular weight is 903 g/mol. The summed E-state index contributed by atoms with van der Waals surface area (Å²) in [5.41, 5.74) is 20.4. The van der Waals surface area contributed by atoms with Crippen molar-refractivity contribution in [3.63, 3.8) is 0 Å². The second-order valence-corrected chi connectivity index (χ2v) is 18.8. The average Bonchev–Trinajstić information content (AvgIpc) is 4.09. The zero-order chi connectivity index (χ0) is 46.6. The van der Waals surface area contributed by atoms with Gasteiger partial charge in [0.15, 0.2) is 0 Å². The van der Waals surface area contributed by atoms with Crippen LogP contribution in [0.3, 0.4) is 0 Å². The van der Waals surface area contributed by atoms with Crippen LogP contribution < -0.4 is 21.3 Å². The highest BCUT2D eigenvalue weighted by atomic mass is 15.1. The Balaban J connectivity index is 1.02. The number of nitrogens with zero attached hydrogens (tertiary/aromatic N) is 4. The second-order valence-electron chi connectivity index (χ2n) is 18.8. The summed E-state index contributed by atoms with van der Waals surface area (Å²) in [6, 6.07) is 95.9. The molecule has 0 spiro atoms. The first kappa shape index (κ1) is 39.7. The van der Waals surface area contributed by atoms with Gasteiger partial charge in [-0.25, -0.2) is 0 Å². The number of para-hydroxylation sites is 8. The molecule has 0 saturated carbocycles. The standard InChI is InChI=1S/C66H43BN4/c1-5-21-47(22-6-1)68-59-35-19-15-31-54(59)67(55-32-16-20-36-60(55)68)46-40-37-44(38-41-46)45-39-42-58-53(43-45)63-65-61(52-30-14-18-34-57(52)70(65)49-25-9-3-10-26-49)64-62(66(63)71(58)50-27-11-4-12-28-50)51-29-13-17-33-56(51)69(64)48-23-7-2-8-24-48/h1-43H. The van der Waals surface area contributed by atoms with Gasteiger partial charge in [0.1, 0.15) is 0 Å². The fourth-order valence-electron chi connectivity index (χ4n) is 12.2. The Bertz CT molecular complexity index is 4290. The summed E-state index contributed by atoms with van der Waals surface area (Å²) in [4.78, 5) is 2.41. The maximum Gasteiger partial charge on any atom is 0.246 e. The predicted octanol–water partition coefficient (Wildman–Crippen LogP) is 14.9. The van der Waals surface area contributed by atoms with Crippen molar-refractivity contribution in [2.45, 2.75) is 0 Å². The Kier molecular flexibility index (Phi) is 8.72.